The standard InChI is InChI=1S/C5H8O3.C4H6O3/c1-4(3-6)5(7)8-2;1-3(2-5)4(6)7/h3-4H,1-2H3;2-3H,1H3,(H,6,7). The van der Waals surface area contributed by atoms with Gasteiger partial charge in [-0.15, -0.1) is 0 Å². The van der Waals surface area contributed by atoms with Crippen molar-refractivity contribution < 1.29 is 29.0 Å². The number of rotatable bonds is 4. The highest BCUT2D eigenvalue weighted by Crippen LogP contribution is 1.90. The molecule has 86 valence electrons. The minimum Gasteiger partial charge on any atom is -0.481 e. The van der Waals surface area contributed by atoms with Crippen molar-refractivity contribution in [1.82, 2.24) is 0 Å². The van der Waals surface area contributed by atoms with Gasteiger partial charge in [0.2, 0.25) is 0 Å². The number of carbonyl (C=O) groups excluding carboxylic acids is 3. The van der Waals surface area contributed by atoms with E-state index in [2.05, 4.69) is 4.74 Å². The number of carbonyl (C=O) groups is 4. The molecule has 2 atom stereocenters. The largest absolute Gasteiger partial charge is 0.481 e. The third-order valence-electron chi connectivity index (χ3n) is 1.37. The number of hydrogen-bond donors (Lipinski definition) is 1. The van der Waals surface area contributed by atoms with Gasteiger partial charge in [-0.05, 0) is 13.8 Å². The second-order valence-electron chi connectivity index (χ2n) is 2.71. The summed E-state index contributed by atoms with van der Waals surface area (Å²) in [6.07, 6.45) is 0.939. The quantitative estimate of drug-likeness (QED) is 0.402. The summed E-state index contributed by atoms with van der Waals surface area (Å²) in [5.74, 6) is -3.05. The van der Waals surface area contributed by atoms with E-state index in [1.165, 1.54) is 21.0 Å². The Morgan fingerprint density at radius 1 is 1.13 bits per heavy atom. The summed E-state index contributed by atoms with van der Waals surface area (Å²) in [4.78, 5) is 39.4. The fourth-order valence-electron chi connectivity index (χ4n) is 0.300. The molecule has 6 heteroatoms. The first-order valence-electron chi connectivity index (χ1n) is 4.11. The molecule has 6 nitrogen and oxygen atoms in total. The predicted octanol–water partition coefficient (Wildman–Crippen LogP) is -0.0996. The molecule has 0 fully saturated rings. The molecule has 0 aliphatic heterocycles. The van der Waals surface area contributed by atoms with Crippen molar-refractivity contribution in [3.63, 3.8) is 0 Å². The van der Waals surface area contributed by atoms with Gasteiger partial charge in [-0.25, -0.2) is 0 Å². The number of aliphatic carboxylic acids is 1. The zero-order valence-electron chi connectivity index (χ0n) is 8.80. The molecular weight excluding hydrogens is 204 g/mol. The minimum atomic E-state index is -1.07. The normalized spacial score (nSPS) is 12.5. The minimum absolute atomic E-state index is 0.391. The van der Waals surface area contributed by atoms with E-state index in [-0.39, 0.29) is 0 Å². The van der Waals surface area contributed by atoms with Gasteiger partial charge in [0.25, 0.3) is 0 Å². The molecule has 0 spiro atoms. The van der Waals surface area contributed by atoms with Crippen LogP contribution in [0.15, 0.2) is 0 Å². The molecule has 0 aromatic carbocycles. The van der Waals surface area contributed by atoms with Crippen LogP contribution in [-0.4, -0.2) is 36.7 Å². The van der Waals surface area contributed by atoms with E-state index in [1.54, 1.807) is 0 Å². The van der Waals surface area contributed by atoms with Gasteiger partial charge in [-0.2, -0.15) is 0 Å². The average Bonchev–Trinajstić information content (AvgIpc) is 2.26. The van der Waals surface area contributed by atoms with Crippen LogP contribution < -0.4 is 0 Å². The summed E-state index contributed by atoms with van der Waals surface area (Å²) in [6.45, 7) is 2.81. The lowest BCUT2D eigenvalue weighted by atomic mass is 10.2. The molecule has 0 aliphatic carbocycles. The van der Waals surface area contributed by atoms with Crippen LogP contribution in [0, 0.1) is 11.8 Å². The van der Waals surface area contributed by atoms with Crippen molar-refractivity contribution in [3.05, 3.63) is 0 Å². The van der Waals surface area contributed by atoms with E-state index in [9.17, 15) is 19.2 Å². The smallest absolute Gasteiger partial charge is 0.315 e. The molecule has 0 aliphatic rings. The molecule has 0 rings (SSSR count). The third kappa shape index (κ3) is 8.61. The Morgan fingerprint density at radius 2 is 1.53 bits per heavy atom. The van der Waals surface area contributed by atoms with Crippen LogP contribution in [0.4, 0.5) is 0 Å². The first kappa shape index (κ1) is 15.7. The molecule has 2 unspecified atom stereocenters. The predicted molar refractivity (Wildman–Crippen MR) is 50.1 cm³/mol. The van der Waals surface area contributed by atoms with Gasteiger partial charge in [0.05, 0.1) is 7.11 Å². The average molecular weight is 218 g/mol. The number of hydrogen-bond acceptors (Lipinski definition) is 5. The van der Waals surface area contributed by atoms with Gasteiger partial charge in [0.15, 0.2) is 0 Å². The van der Waals surface area contributed by atoms with Crippen molar-refractivity contribution in [2.75, 3.05) is 7.11 Å². The molecule has 15 heavy (non-hydrogen) atoms. The summed E-state index contributed by atoms with van der Waals surface area (Å²) in [6, 6.07) is 0. The van der Waals surface area contributed by atoms with Crippen LogP contribution in [0.2, 0.25) is 0 Å². The summed E-state index contributed by atoms with van der Waals surface area (Å²) in [5, 5.41) is 7.95. The van der Waals surface area contributed by atoms with E-state index in [0.717, 1.165) is 0 Å². The molecule has 0 aromatic heterocycles. The molecule has 0 aromatic rings. The first-order valence-corrected chi connectivity index (χ1v) is 4.11. The van der Waals surface area contributed by atoms with E-state index in [0.29, 0.717) is 12.6 Å². The molecule has 1 N–H and O–H groups in total. The number of aldehydes is 2. The Hall–Kier alpha value is -1.72. The number of methoxy groups -OCH3 is 1. The molecule has 0 saturated carbocycles. The Labute approximate surface area is 87.2 Å². The van der Waals surface area contributed by atoms with Crippen LogP contribution in [0.3, 0.4) is 0 Å². The van der Waals surface area contributed by atoms with Gasteiger partial charge in [0.1, 0.15) is 24.4 Å². The van der Waals surface area contributed by atoms with Crippen molar-refractivity contribution in [3.8, 4) is 0 Å². The lowest BCUT2D eigenvalue weighted by Gasteiger charge is -1.97. The van der Waals surface area contributed by atoms with Gasteiger partial charge in [0, 0.05) is 0 Å². The van der Waals surface area contributed by atoms with Crippen LogP contribution in [0.25, 0.3) is 0 Å². The maximum Gasteiger partial charge on any atom is 0.315 e. The molecule has 0 heterocycles. The van der Waals surface area contributed by atoms with Crippen molar-refractivity contribution >= 4 is 24.5 Å². The zero-order valence-corrected chi connectivity index (χ0v) is 8.80. The number of carboxylic acids is 1. The number of esters is 1. The Balaban J connectivity index is 0. The first-order chi connectivity index (χ1) is 6.90. The van der Waals surface area contributed by atoms with Crippen LogP contribution in [0.1, 0.15) is 13.8 Å². The molecule has 0 saturated heterocycles. The van der Waals surface area contributed by atoms with E-state index in [4.69, 9.17) is 5.11 Å². The van der Waals surface area contributed by atoms with Gasteiger partial charge < -0.3 is 19.4 Å². The van der Waals surface area contributed by atoms with Crippen LogP contribution >= 0.6 is 0 Å². The molecule has 0 radical (unpaired) electrons. The van der Waals surface area contributed by atoms with E-state index >= 15 is 0 Å². The van der Waals surface area contributed by atoms with E-state index < -0.39 is 23.8 Å². The SMILES string of the molecule is CC(C=O)C(=O)O.COC(=O)C(C)C=O. The summed E-state index contributed by atoms with van der Waals surface area (Å²) < 4.78 is 4.23. The Morgan fingerprint density at radius 3 is 1.60 bits per heavy atom. The number of carboxylic acid groups (broad SMARTS) is 1. The molecule has 0 amide bonds. The monoisotopic (exact) mass is 218 g/mol. The van der Waals surface area contributed by atoms with Crippen molar-refractivity contribution in [2.45, 2.75) is 13.8 Å². The van der Waals surface area contributed by atoms with Crippen LogP contribution in [0.5, 0.6) is 0 Å². The Kier molecular flexibility index (Phi) is 9.30. The zero-order chi connectivity index (χ0) is 12.4. The maximum atomic E-state index is 10.3. The Bertz CT molecular complexity index is 235. The highest BCUT2D eigenvalue weighted by Gasteiger charge is 2.09. The maximum absolute atomic E-state index is 10.3. The van der Waals surface area contributed by atoms with Gasteiger partial charge >= 0.3 is 11.9 Å². The van der Waals surface area contributed by atoms with E-state index in [1.807, 2.05) is 0 Å². The van der Waals surface area contributed by atoms with Gasteiger partial charge in [-0.1, -0.05) is 0 Å². The summed E-state index contributed by atoms with van der Waals surface area (Å²) in [5.41, 5.74) is 0. The second kappa shape index (κ2) is 8.86. The van der Waals surface area contributed by atoms with Crippen LogP contribution in [-0.2, 0) is 23.9 Å². The fraction of sp³-hybridized carbons (Fsp3) is 0.556. The highest BCUT2D eigenvalue weighted by molar-refractivity contribution is 5.87. The number of ether oxygens (including phenoxy) is 1. The summed E-state index contributed by atoms with van der Waals surface area (Å²) in [7, 11) is 1.25. The third-order valence-corrected chi connectivity index (χ3v) is 1.37. The fourth-order valence-corrected chi connectivity index (χ4v) is 0.300. The lowest BCUT2D eigenvalue weighted by Crippen LogP contribution is -2.13. The topological polar surface area (TPSA) is 97.7 Å². The van der Waals surface area contributed by atoms with Crippen molar-refractivity contribution in [2.24, 2.45) is 11.8 Å². The lowest BCUT2D eigenvalue weighted by molar-refractivity contribution is -0.146. The second-order valence-corrected chi connectivity index (χ2v) is 2.71. The molecule has 0 bridgehead atoms. The molecular formula is C9H14O6. The van der Waals surface area contributed by atoms with Crippen molar-refractivity contribution in [1.29, 1.82) is 0 Å². The highest BCUT2D eigenvalue weighted by atomic mass is 16.5. The summed E-state index contributed by atoms with van der Waals surface area (Å²) >= 11 is 0. The van der Waals surface area contributed by atoms with Gasteiger partial charge in [-0.3, -0.25) is 9.59 Å².